The number of pyridine rings is 1. The van der Waals surface area contributed by atoms with E-state index < -0.39 is 0 Å². The maximum absolute atomic E-state index is 13.3. The molecule has 1 aliphatic heterocycles. The van der Waals surface area contributed by atoms with Crippen LogP contribution in [0, 0.1) is 0 Å². The molecule has 0 unspecified atom stereocenters. The molecule has 6 heteroatoms. The summed E-state index contributed by atoms with van der Waals surface area (Å²) in [6.07, 6.45) is 3.70. The van der Waals surface area contributed by atoms with E-state index in [4.69, 9.17) is 9.47 Å². The lowest BCUT2D eigenvalue weighted by Crippen LogP contribution is -2.43. The van der Waals surface area contributed by atoms with Gasteiger partial charge in [0.05, 0.1) is 31.6 Å². The van der Waals surface area contributed by atoms with Gasteiger partial charge in [0.1, 0.15) is 0 Å². The Labute approximate surface area is 207 Å². The van der Waals surface area contributed by atoms with E-state index in [0.29, 0.717) is 31.1 Å². The molecule has 0 amide bonds. The average molecular weight is 477 g/mol. The van der Waals surface area contributed by atoms with Crippen LogP contribution in [0.25, 0.3) is 0 Å². The zero-order valence-electron chi connectivity index (χ0n) is 20.7. The minimum absolute atomic E-state index is 0.000156. The van der Waals surface area contributed by atoms with Gasteiger partial charge in [0.25, 0.3) is 0 Å². The third-order valence-electron chi connectivity index (χ3n) is 6.77. The van der Waals surface area contributed by atoms with E-state index in [1.165, 1.54) is 11.1 Å². The van der Waals surface area contributed by atoms with Gasteiger partial charge in [-0.3, -0.25) is 9.69 Å². The van der Waals surface area contributed by atoms with Crippen LogP contribution in [-0.4, -0.2) is 48.0 Å². The van der Waals surface area contributed by atoms with Crippen molar-refractivity contribution < 1.29 is 14.6 Å². The normalized spacial score (nSPS) is 15.8. The van der Waals surface area contributed by atoms with Gasteiger partial charge in [-0.2, -0.15) is 0 Å². The van der Waals surface area contributed by atoms with Crippen molar-refractivity contribution in [1.29, 1.82) is 0 Å². The molecule has 35 heavy (non-hydrogen) atoms. The molecule has 1 aromatic heterocycles. The van der Waals surface area contributed by atoms with Crippen LogP contribution in [0.5, 0.6) is 5.75 Å². The molecule has 1 N–H and O–H groups in total. The van der Waals surface area contributed by atoms with Crippen LogP contribution < -0.4 is 10.2 Å². The van der Waals surface area contributed by atoms with Crippen molar-refractivity contribution >= 4 is 0 Å². The molecule has 0 fully saturated rings. The molecule has 0 aliphatic carbocycles. The highest BCUT2D eigenvalue weighted by molar-refractivity contribution is 5.39. The van der Waals surface area contributed by atoms with Gasteiger partial charge < -0.3 is 19.1 Å². The van der Waals surface area contributed by atoms with Crippen molar-refractivity contribution in [2.24, 2.45) is 0 Å². The Morgan fingerprint density at radius 3 is 2.26 bits per heavy atom. The van der Waals surface area contributed by atoms with Gasteiger partial charge >= 0.3 is 0 Å². The maximum atomic E-state index is 13.3. The Morgan fingerprint density at radius 2 is 1.69 bits per heavy atom. The van der Waals surface area contributed by atoms with Gasteiger partial charge in [-0.25, -0.2) is 0 Å². The third kappa shape index (κ3) is 5.67. The monoisotopic (exact) mass is 476 g/mol. The van der Waals surface area contributed by atoms with E-state index in [9.17, 15) is 9.90 Å². The molecule has 2 aromatic carbocycles. The summed E-state index contributed by atoms with van der Waals surface area (Å²) in [5, 5.41) is 10.0. The van der Waals surface area contributed by atoms with Crippen LogP contribution in [0.4, 0.5) is 0 Å². The Bertz CT molecular complexity index is 1090. The van der Waals surface area contributed by atoms with Gasteiger partial charge in [0.2, 0.25) is 5.43 Å². The van der Waals surface area contributed by atoms with Crippen molar-refractivity contribution in [3.05, 3.63) is 99.5 Å². The minimum Gasteiger partial charge on any atom is -0.488 e. The number of methoxy groups -OCH3 is 1. The van der Waals surface area contributed by atoms with E-state index in [1.54, 1.807) is 7.11 Å². The number of fused-ring (bicyclic) bond motifs is 1. The first kappa shape index (κ1) is 25.2. The zero-order valence-corrected chi connectivity index (χ0v) is 20.7. The van der Waals surface area contributed by atoms with Crippen LogP contribution in [0.15, 0.2) is 71.7 Å². The Hall–Kier alpha value is -2.93. The van der Waals surface area contributed by atoms with Crippen molar-refractivity contribution in [1.82, 2.24) is 9.47 Å². The fraction of sp³-hybridized carbons (Fsp3) is 0.414. The molecule has 2 heterocycles. The van der Waals surface area contributed by atoms with Crippen molar-refractivity contribution in [2.45, 2.75) is 44.9 Å². The largest absolute Gasteiger partial charge is 0.488 e. The predicted molar refractivity (Wildman–Crippen MR) is 138 cm³/mol. The van der Waals surface area contributed by atoms with Gasteiger partial charge in [0.15, 0.2) is 5.75 Å². The lowest BCUT2D eigenvalue weighted by Gasteiger charge is -2.41. The summed E-state index contributed by atoms with van der Waals surface area (Å²) >= 11 is 0. The number of hydrogen-bond donors (Lipinski definition) is 1. The number of ether oxygens (including phenoxy) is 2. The molecule has 0 saturated heterocycles. The number of unbranched alkanes of at least 4 members (excludes halogenated alkanes) is 1. The fourth-order valence-electron chi connectivity index (χ4n) is 4.97. The van der Waals surface area contributed by atoms with Gasteiger partial charge in [-0.15, -0.1) is 0 Å². The number of aliphatic hydroxyl groups excluding tert-OH is 1. The lowest BCUT2D eigenvalue weighted by atomic mass is 9.83. The van der Waals surface area contributed by atoms with Gasteiger partial charge in [0, 0.05) is 44.4 Å². The summed E-state index contributed by atoms with van der Waals surface area (Å²) in [6.45, 7) is 5.02. The highest BCUT2D eigenvalue weighted by Crippen LogP contribution is 2.40. The fourth-order valence-corrected chi connectivity index (χ4v) is 4.97. The average Bonchev–Trinajstić information content (AvgIpc) is 2.90. The SMILES string of the molecule is CCCCOc1c2n(cc(CO)c1=O)[C@@H](C(c1ccccc1)c1ccccc1)CN(CCOC)C2. The summed E-state index contributed by atoms with van der Waals surface area (Å²) in [5.41, 5.74) is 3.45. The van der Waals surface area contributed by atoms with Crippen LogP contribution in [0.3, 0.4) is 0 Å². The molecule has 0 spiro atoms. The lowest BCUT2D eigenvalue weighted by molar-refractivity contribution is 0.110. The number of rotatable bonds is 11. The van der Waals surface area contributed by atoms with Crippen LogP contribution in [0.1, 0.15) is 54.1 Å². The molecule has 0 radical (unpaired) electrons. The molecule has 1 atom stereocenters. The van der Waals surface area contributed by atoms with Gasteiger partial charge in [-0.05, 0) is 17.5 Å². The van der Waals surface area contributed by atoms with Crippen molar-refractivity contribution in [2.75, 3.05) is 33.4 Å². The van der Waals surface area contributed by atoms with Crippen LogP contribution >= 0.6 is 0 Å². The second-order valence-corrected chi connectivity index (χ2v) is 9.12. The maximum Gasteiger partial charge on any atom is 0.229 e. The number of aromatic nitrogens is 1. The van der Waals surface area contributed by atoms with Crippen molar-refractivity contribution in [3.8, 4) is 5.75 Å². The number of hydrogen-bond acceptors (Lipinski definition) is 5. The molecule has 6 nitrogen and oxygen atoms in total. The smallest absolute Gasteiger partial charge is 0.229 e. The quantitative estimate of drug-likeness (QED) is 0.417. The highest BCUT2D eigenvalue weighted by atomic mass is 16.5. The van der Waals surface area contributed by atoms with E-state index in [0.717, 1.165) is 31.6 Å². The number of aliphatic hydroxyl groups is 1. The van der Waals surface area contributed by atoms with E-state index in [2.05, 4.69) is 64.9 Å². The summed E-state index contributed by atoms with van der Waals surface area (Å²) < 4.78 is 13.7. The summed E-state index contributed by atoms with van der Waals surface area (Å²) in [6, 6.07) is 21.0. The van der Waals surface area contributed by atoms with Crippen LogP contribution in [0.2, 0.25) is 0 Å². The molecule has 0 bridgehead atoms. The minimum atomic E-state index is -0.315. The first-order valence-corrected chi connectivity index (χ1v) is 12.5. The molecule has 0 saturated carbocycles. The molecule has 1 aliphatic rings. The summed E-state index contributed by atoms with van der Waals surface area (Å²) in [4.78, 5) is 15.6. The molecule has 4 rings (SSSR count). The number of benzene rings is 2. The van der Waals surface area contributed by atoms with Crippen molar-refractivity contribution in [3.63, 3.8) is 0 Å². The molecular formula is C29H36N2O4. The van der Waals surface area contributed by atoms with Crippen LogP contribution in [-0.2, 0) is 17.9 Å². The molecule has 186 valence electrons. The first-order valence-electron chi connectivity index (χ1n) is 12.5. The Balaban J connectivity index is 1.89. The third-order valence-corrected chi connectivity index (χ3v) is 6.77. The molecular weight excluding hydrogens is 440 g/mol. The standard InChI is InChI=1S/C29H36N2O4/c1-3-4-16-35-29-26-20-30(15-17-34-2)19-25(31(26)18-24(21-32)28(29)33)27(22-11-7-5-8-12-22)23-13-9-6-10-14-23/h5-14,18,25,27,32H,3-4,15-17,19-21H2,1-2H3/t25-/m1/s1. The van der Waals surface area contributed by atoms with E-state index in [1.807, 2.05) is 18.3 Å². The molecule has 3 aromatic rings. The van der Waals surface area contributed by atoms with Gasteiger partial charge in [-0.1, -0.05) is 74.0 Å². The van der Waals surface area contributed by atoms with E-state index in [-0.39, 0.29) is 24.0 Å². The number of nitrogens with zero attached hydrogens (tertiary/aromatic N) is 2. The second-order valence-electron chi connectivity index (χ2n) is 9.12. The zero-order chi connectivity index (χ0) is 24.6. The highest BCUT2D eigenvalue weighted by Gasteiger charge is 2.35. The van der Waals surface area contributed by atoms with E-state index >= 15 is 0 Å². The second kappa shape index (κ2) is 12.2. The summed E-state index contributed by atoms with van der Waals surface area (Å²) in [5.74, 6) is 0.427. The Kier molecular flexibility index (Phi) is 8.74. The topological polar surface area (TPSA) is 63.9 Å². The first-order chi connectivity index (χ1) is 17.2. The predicted octanol–water partition coefficient (Wildman–Crippen LogP) is 4.35. The summed E-state index contributed by atoms with van der Waals surface area (Å²) in [7, 11) is 1.71. The Morgan fingerprint density at radius 1 is 1.03 bits per heavy atom.